The third kappa shape index (κ3) is 7.40. The van der Waals surface area contributed by atoms with E-state index in [1.807, 2.05) is 0 Å². The zero-order chi connectivity index (χ0) is 22.5. The summed E-state index contributed by atoms with van der Waals surface area (Å²) in [5, 5.41) is 2.26. The highest BCUT2D eigenvalue weighted by Crippen LogP contribution is 2.29. The zero-order valence-corrected chi connectivity index (χ0v) is 17.3. The van der Waals surface area contributed by atoms with Gasteiger partial charge >= 0.3 is 12.1 Å². The molecule has 1 rings (SSSR count). The second-order valence-electron chi connectivity index (χ2n) is 7.84. The highest BCUT2D eigenvalue weighted by Gasteiger charge is 2.34. The molecular weight excluding hydrogens is 391 g/mol. The number of Topliss-reactive ketones (excluding diaryl/α,β-unsaturated/α-hetero) is 1. The number of nitrogens with one attached hydrogen (secondary N) is 1. The summed E-state index contributed by atoms with van der Waals surface area (Å²) in [4.78, 5) is 36.6. The van der Waals surface area contributed by atoms with Crippen molar-refractivity contribution in [1.82, 2.24) is 5.32 Å². The molecule has 0 radical (unpaired) electrons. The van der Waals surface area contributed by atoms with Gasteiger partial charge in [0.15, 0.2) is 11.6 Å². The first kappa shape index (κ1) is 24.5. The average Bonchev–Trinajstić information content (AvgIpc) is 2.54. The van der Waals surface area contributed by atoms with Crippen LogP contribution in [0.1, 0.15) is 59.4 Å². The molecule has 9 heteroatoms. The Morgan fingerprint density at radius 3 is 2.10 bits per heavy atom. The molecule has 0 spiro atoms. The smallest absolute Gasteiger partial charge is 0.408 e. The van der Waals surface area contributed by atoms with E-state index in [2.05, 4.69) is 5.32 Å². The molecule has 0 aromatic heterocycles. The number of carbonyl (C=O) groups is 3. The van der Waals surface area contributed by atoms with Gasteiger partial charge in [0.25, 0.3) is 0 Å². The van der Waals surface area contributed by atoms with Crippen molar-refractivity contribution in [2.45, 2.75) is 71.6 Å². The van der Waals surface area contributed by atoms with Crippen LogP contribution >= 0.6 is 0 Å². The van der Waals surface area contributed by atoms with E-state index in [0.717, 1.165) is 6.92 Å². The molecule has 2 unspecified atom stereocenters. The molecule has 0 aliphatic rings. The van der Waals surface area contributed by atoms with Gasteiger partial charge in [0, 0.05) is 5.56 Å². The van der Waals surface area contributed by atoms with Crippen molar-refractivity contribution in [1.29, 1.82) is 0 Å². The maximum Gasteiger partial charge on any atom is 0.408 e. The molecule has 1 amide bonds. The summed E-state index contributed by atoms with van der Waals surface area (Å²) in [5.41, 5.74) is -1.69. The standard InChI is InChI=1S/C20H26F3NO5/c1-10(2)28-18(26)15(24-19(27)29-20(4,5)6)9-12(11(3)25)16-13(21)7-8-14(22)17(16)23/h7-8,10,12,15H,9H2,1-6H3,(H,24,27). The van der Waals surface area contributed by atoms with Crippen LogP contribution in [0.25, 0.3) is 0 Å². The van der Waals surface area contributed by atoms with Crippen molar-refractivity contribution < 1.29 is 37.0 Å². The fraction of sp³-hybridized carbons (Fsp3) is 0.550. The molecule has 0 aliphatic heterocycles. The van der Waals surface area contributed by atoms with Gasteiger partial charge in [-0.05, 0) is 60.1 Å². The highest BCUT2D eigenvalue weighted by atomic mass is 19.2. The summed E-state index contributed by atoms with van der Waals surface area (Å²) in [6.45, 7) is 8.98. The molecule has 162 valence electrons. The van der Waals surface area contributed by atoms with Gasteiger partial charge in [-0.1, -0.05) is 0 Å². The van der Waals surface area contributed by atoms with Gasteiger partial charge in [-0.25, -0.2) is 22.8 Å². The van der Waals surface area contributed by atoms with Gasteiger partial charge in [-0.15, -0.1) is 0 Å². The lowest BCUT2D eigenvalue weighted by Crippen LogP contribution is -2.46. The molecular formula is C20H26F3NO5. The number of hydrogen-bond donors (Lipinski definition) is 1. The fourth-order valence-electron chi connectivity index (χ4n) is 2.56. The summed E-state index contributed by atoms with van der Waals surface area (Å²) >= 11 is 0. The molecule has 1 aromatic rings. The number of halogens is 3. The second kappa shape index (κ2) is 9.76. The van der Waals surface area contributed by atoms with Crippen LogP contribution in [0.3, 0.4) is 0 Å². The maximum absolute atomic E-state index is 14.2. The van der Waals surface area contributed by atoms with E-state index in [1.54, 1.807) is 34.6 Å². The number of alkyl carbamates (subject to hydrolysis) is 1. The minimum absolute atomic E-state index is 0.544. The number of benzene rings is 1. The number of carbonyl (C=O) groups excluding carboxylic acids is 3. The van der Waals surface area contributed by atoms with Crippen LogP contribution in [0.2, 0.25) is 0 Å². The van der Waals surface area contributed by atoms with Crippen LogP contribution < -0.4 is 5.32 Å². The van der Waals surface area contributed by atoms with Crippen molar-refractivity contribution in [2.75, 3.05) is 0 Å². The lowest BCUT2D eigenvalue weighted by molar-refractivity contribution is -0.150. The van der Waals surface area contributed by atoms with Crippen molar-refractivity contribution in [3.63, 3.8) is 0 Å². The molecule has 0 heterocycles. The first-order valence-electron chi connectivity index (χ1n) is 9.06. The number of rotatable bonds is 7. The van der Waals surface area contributed by atoms with Gasteiger partial charge in [0.1, 0.15) is 23.2 Å². The van der Waals surface area contributed by atoms with Crippen LogP contribution in [0, 0.1) is 17.5 Å². The van der Waals surface area contributed by atoms with Crippen LogP contribution in [0.5, 0.6) is 0 Å². The number of hydrogen-bond acceptors (Lipinski definition) is 5. The Labute approximate surface area is 167 Å². The number of ether oxygens (including phenoxy) is 2. The van der Waals surface area contributed by atoms with Crippen molar-refractivity contribution in [2.24, 2.45) is 0 Å². The van der Waals surface area contributed by atoms with E-state index in [4.69, 9.17) is 9.47 Å². The van der Waals surface area contributed by atoms with Crippen LogP contribution in [0.4, 0.5) is 18.0 Å². The van der Waals surface area contributed by atoms with E-state index in [-0.39, 0.29) is 0 Å². The van der Waals surface area contributed by atoms with Gasteiger partial charge in [0.2, 0.25) is 0 Å². The summed E-state index contributed by atoms with van der Waals surface area (Å²) < 4.78 is 52.2. The molecule has 29 heavy (non-hydrogen) atoms. The summed E-state index contributed by atoms with van der Waals surface area (Å²) in [5.74, 6) is -7.19. The minimum atomic E-state index is -1.54. The summed E-state index contributed by atoms with van der Waals surface area (Å²) in [7, 11) is 0. The molecule has 2 atom stereocenters. The van der Waals surface area contributed by atoms with Gasteiger partial charge in [-0.2, -0.15) is 0 Å². The zero-order valence-electron chi connectivity index (χ0n) is 17.3. The number of ketones is 1. The van der Waals surface area contributed by atoms with Crippen LogP contribution in [-0.2, 0) is 19.1 Å². The second-order valence-corrected chi connectivity index (χ2v) is 7.84. The predicted molar refractivity (Wildman–Crippen MR) is 98.7 cm³/mol. The van der Waals surface area contributed by atoms with E-state index in [0.29, 0.717) is 12.1 Å². The Kier molecular flexibility index (Phi) is 8.23. The fourth-order valence-corrected chi connectivity index (χ4v) is 2.56. The van der Waals surface area contributed by atoms with E-state index < -0.39 is 70.9 Å². The minimum Gasteiger partial charge on any atom is -0.461 e. The molecule has 0 saturated heterocycles. The quantitative estimate of drug-likeness (QED) is 0.536. The van der Waals surface area contributed by atoms with Gasteiger partial charge < -0.3 is 14.8 Å². The van der Waals surface area contributed by atoms with Crippen molar-refractivity contribution >= 4 is 17.8 Å². The van der Waals surface area contributed by atoms with Crippen LogP contribution in [0.15, 0.2) is 12.1 Å². The first-order valence-corrected chi connectivity index (χ1v) is 9.06. The number of amides is 1. The molecule has 0 fully saturated rings. The molecule has 0 bridgehead atoms. The Hall–Kier alpha value is -2.58. The Morgan fingerprint density at radius 2 is 1.62 bits per heavy atom. The van der Waals surface area contributed by atoms with E-state index in [1.165, 1.54) is 0 Å². The molecule has 1 N–H and O–H groups in total. The third-order valence-electron chi connectivity index (χ3n) is 3.72. The Morgan fingerprint density at radius 1 is 1.07 bits per heavy atom. The predicted octanol–water partition coefficient (Wildman–Crippen LogP) is 4.01. The Bertz CT molecular complexity index is 774. The molecule has 6 nitrogen and oxygen atoms in total. The van der Waals surface area contributed by atoms with Crippen molar-refractivity contribution in [3.05, 3.63) is 35.1 Å². The molecule has 0 saturated carbocycles. The SMILES string of the molecule is CC(=O)C(CC(NC(=O)OC(C)(C)C)C(=O)OC(C)C)c1c(F)ccc(F)c1F. The van der Waals surface area contributed by atoms with E-state index >= 15 is 0 Å². The first-order chi connectivity index (χ1) is 13.2. The van der Waals surface area contributed by atoms with Crippen LogP contribution in [-0.4, -0.2) is 35.6 Å². The third-order valence-corrected chi connectivity index (χ3v) is 3.72. The summed E-state index contributed by atoms with van der Waals surface area (Å²) in [6, 6.07) is -0.176. The molecule has 1 aromatic carbocycles. The largest absolute Gasteiger partial charge is 0.461 e. The van der Waals surface area contributed by atoms with Gasteiger partial charge in [0.05, 0.1) is 12.0 Å². The average molecular weight is 417 g/mol. The van der Waals surface area contributed by atoms with Crippen molar-refractivity contribution in [3.8, 4) is 0 Å². The lowest BCUT2D eigenvalue weighted by atomic mass is 9.88. The summed E-state index contributed by atoms with van der Waals surface area (Å²) in [6.07, 6.45) is -2.08. The maximum atomic E-state index is 14.2. The topological polar surface area (TPSA) is 81.7 Å². The normalized spacial score (nSPS) is 13.6. The lowest BCUT2D eigenvalue weighted by Gasteiger charge is -2.26. The Balaban J connectivity index is 3.26. The monoisotopic (exact) mass is 417 g/mol. The highest BCUT2D eigenvalue weighted by molar-refractivity contribution is 5.86. The van der Waals surface area contributed by atoms with Gasteiger partial charge in [-0.3, -0.25) is 4.79 Å². The molecule has 0 aliphatic carbocycles. The van der Waals surface area contributed by atoms with E-state index in [9.17, 15) is 27.6 Å². The number of esters is 1.